The van der Waals surface area contributed by atoms with Crippen LogP contribution in [-0.2, 0) is 18.9 Å². The van der Waals surface area contributed by atoms with Crippen LogP contribution in [0.4, 0.5) is 0 Å². The highest BCUT2D eigenvalue weighted by Gasteiger charge is 2.20. The van der Waals surface area contributed by atoms with Crippen molar-refractivity contribution in [1.29, 1.82) is 0 Å². The van der Waals surface area contributed by atoms with Gasteiger partial charge in [0.05, 0.1) is 45.7 Å². The van der Waals surface area contributed by atoms with Gasteiger partial charge in [-0.1, -0.05) is 6.92 Å². The number of ether oxygens (including phenoxy) is 4. The second-order valence-electron chi connectivity index (χ2n) is 5.52. The van der Waals surface area contributed by atoms with Gasteiger partial charge in [-0.15, -0.1) is 0 Å². The predicted octanol–water partition coefficient (Wildman–Crippen LogP) is 1.99. The topological polar surface area (TPSA) is 49.0 Å². The molecule has 1 saturated carbocycles. The molecule has 0 unspecified atom stereocenters. The summed E-state index contributed by atoms with van der Waals surface area (Å²) in [4.78, 5) is 0. The zero-order valence-electron chi connectivity index (χ0n) is 13.8. The number of methoxy groups -OCH3 is 1. The first-order valence-corrected chi connectivity index (χ1v) is 8.36. The maximum atomic E-state index is 5.87. The molecular formula is C16H33NO4. The van der Waals surface area contributed by atoms with Gasteiger partial charge >= 0.3 is 0 Å². The van der Waals surface area contributed by atoms with E-state index in [1.165, 1.54) is 32.1 Å². The van der Waals surface area contributed by atoms with Crippen molar-refractivity contribution in [1.82, 2.24) is 5.32 Å². The van der Waals surface area contributed by atoms with Crippen LogP contribution in [0.5, 0.6) is 0 Å². The Morgan fingerprint density at radius 2 is 1.48 bits per heavy atom. The van der Waals surface area contributed by atoms with Gasteiger partial charge < -0.3 is 24.3 Å². The normalized spacial score (nSPS) is 22.6. The van der Waals surface area contributed by atoms with Gasteiger partial charge in [0, 0.05) is 13.2 Å². The van der Waals surface area contributed by atoms with Gasteiger partial charge in [0.25, 0.3) is 0 Å². The largest absolute Gasteiger partial charge is 0.382 e. The zero-order valence-corrected chi connectivity index (χ0v) is 13.8. The van der Waals surface area contributed by atoms with Crippen LogP contribution in [0.15, 0.2) is 0 Å². The Labute approximate surface area is 129 Å². The molecule has 21 heavy (non-hydrogen) atoms. The molecule has 0 amide bonds. The molecule has 0 spiro atoms. The summed E-state index contributed by atoms with van der Waals surface area (Å²) in [5.74, 6) is 0. The van der Waals surface area contributed by atoms with Crippen LogP contribution in [0.1, 0.15) is 39.0 Å². The van der Waals surface area contributed by atoms with Crippen molar-refractivity contribution >= 4 is 0 Å². The third kappa shape index (κ3) is 10.2. The fraction of sp³-hybridized carbons (Fsp3) is 1.00. The van der Waals surface area contributed by atoms with Crippen molar-refractivity contribution in [2.24, 2.45) is 0 Å². The van der Waals surface area contributed by atoms with E-state index in [4.69, 9.17) is 18.9 Å². The first kappa shape index (κ1) is 18.8. The van der Waals surface area contributed by atoms with Crippen LogP contribution in [0.3, 0.4) is 0 Å². The van der Waals surface area contributed by atoms with Crippen molar-refractivity contribution in [3.63, 3.8) is 0 Å². The van der Waals surface area contributed by atoms with Crippen molar-refractivity contribution in [2.45, 2.75) is 51.2 Å². The molecule has 0 radical (unpaired) electrons. The molecule has 5 heteroatoms. The van der Waals surface area contributed by atoms with Gasteiger partial charge in [0.2, 0.25) is 0 Å². The van der Waals surface area contributed by atoms with E-state index in [1.807, 2.05) is 0 Å². The van der Waals surface area contributed by atoms with Gasteiger partial charge in [0.1, 0.15) is 0 Å². The summed E-state index contributed by atoms with van der Waals surface area (Å²) >= 11 is 0. The lowest BCUT2D eigenvalue weighted by atomic mass is 9.93. The lowest BCUT2D eigenvalue weighted by molar-refractivity contribution is -0.0274. The monoisotopic (exact) mass is 303 g/mol. The minimum absolute atomic E-state index is 0.422. The van der Waals surface area contributed by atoms with E-state index in [0.717, 1.165) is 6.54 Å². The van der Waals surface area contributed by atoms with E-state index >= 15 is 0 Å². The first-order chi connectivity index (χ1) is 10.4. The molecule has 0 aromatic heterocycles. The minimum Gasteiger partial charge on any atom is -0.382 e. The van der Waals surface area contributed by atoms with E-state index in [1.54, 1.807) is 7.11 Å². The van der Waals surface area contributed by atoms with E-state index < -0.39 is 0 Å². The van der Waals surface area contributed by atoms with Gasteiger partial charge in [-0.05, 0) is 38.6 Å². The van der Waals surface area contributed by atoms with Crippen LogP contribution >= 0.6 is 0 Å². The molecular weight excluding hydrogens is 270 g/mol. The maximum Gasteiger partial charge on any atom is 0.0704 e. The molecule has 126 valence electrons. The fourth-order valence-electron chi connectivity index (χ4n) is 2.52. The molecule has 0 saturated heterocycles. The van der Waals surface area contributed by atoms with Crippen molar-refractivity contribution in [3.8, 4) is 0 Å². The predicted molar refractivity (Wildman–Crippen MR) is 83.8 cm³/mol. The van der Waals surface area contributed by atoms with E-state index in [9.17, 15) is 0 Å². The maximum absolute atomic E-state index is 5.87. The summed E-state index contributed by atoms with van der Waals surface area (Å²) in [6.45, 7) is 7.21. The molecule has 1 rings (SSSR count). The Balaban J connectivity index is 1.84. The lowest BCUT2D eigenvalue weighted by Crippen LogP contribution is -2.36. The van der Waals surface area contributed by atoms with Crippen molar-refractivity contribution in [2.75, 3.05) is 53.3 Å². The summed E-state index contributed by atoms with van der Waals surface area (Å²) in [5.41, 5.74) is 0. The lowest BCUT2D eigenvalue weighted by Gasteiger charge is -2.29. The summed E-state index contributed by atoms with van der Waals surface area (Å²) in [7, 11) is 1.67. The molecule has 0 bridgehead atoms. The van der Waals surface area contributed by atoms with Crippen LogP contribution in [0.25, 0.3) is 0 Å². The molecule has 1 aliphatic rings. The van der Waals surface area contributed by atoms with Crippen LogP contribution in [0.2, 0.25) is 0 Å². The highest BCUT2D eigenvalue weighted by atomic mass is 16.6. The smallest absolute Gasteiger partial charge is 0.0704 e. The Bertz CT molecular complexity index is 220. The third-order valence-corrected chi connectivity index (χ3v) is 3.74. The van der Waals surface area contributed by atoms with Crippen LogP contribution in [0, 0.1) is 0 Å². The second-order valence-corrected chi connectivity index (χ2v) is 5.52. The Hall–Kier alpha value is -0.200. The minimum atomic E-state index is 0.422. The number of hydrogen-bond donors (Lipinski definition) is 1. The van der Waals surface area contributed by atoms with E-state index in [2.05, 4.69) is 12.2 Å². The Morgan fingerprint density at radius 1 is 0.857 bits per heavy atom. The summed E-state index contributed by atoms with van der Waals surface area (Å²) in [5, 5.41) is 3.59. The average molecular weight is 303 g/mol. The van der Waals surface area contributed by atoms with Crippen molar-refractivity contribution in [3.05, 3.63) is 0 Å². The highest BCUT2D eigenvalue weighted by molar-refractivity contribution is 4.77. The molecule has 0 aromatic carbocycles. The number of rotatable bonds is 13. The standard InChI is InChI=1S/C16H33NO4/c1-3-8-17-15-4-6-16(7-5-15)21-14-13-20-12-11-19-10-9-18-2/h15-17H,3-14H2,1-2H3. The van der Waals surface area contributed by atoms with E-state index in [-0.39, 0.29) is 0 Å². The highest BCUT2D eigenvalue weighted by Crippen LogP contribution is 2.21. The SMILES string of the molecule is CCCNC1CCC(OCCOCCOCCOC)CC1. The number of nitrogens with one attached hydrogen (secondary N) is 1. The van der Waals surface area contributed by atoms with Gasteiger partial charge in [-0.25, -0.2) is 0 Å². The summed E-state index contributed by atoms with van der Waals surface area (Å²) < 4.78 is 21.6. The molecule has 1 N–H and O–H groups in total. The van der Waals surface area contributed by atoms with Gasteiger partial charge in [-0.2, -0.15) is 0 Å². The van der Waals surface area contributed by atoms with Crippen LogP contribution < -0.4 is 5.32 Å². The summed E-state index contributed by atoms with van der Waals surface area (Å²) in [6, 6.07) is 0.699. The quantitative estimate of drug-likeness (QED) is 0.527. The summed E-state index contributed by atoms with van der Waals surface area (Å²) in [6.07, 6.45) is 6.44. The molecule has 0 atom stereocenters. The molecule has 1 aliphatic carbocycles. The van der Waals surface area contributed by atoms with Gasteiger partial charge in [0.15, 0.2) is 0 Å². The van der Waals surface area contributed by atoms with Crippen LogP contribution in [-0.4, -0.2) is 65.4 Å². The fourth-order valence-corrected chi connectivity index (χ4v) is 2.52. The molecule has 1 fully saturated rings. The van der Waals surface area contributed by atoms with Crippen molar-refractivity contribution < 1.29 is 18.9 Å². The third-order valence-electron chi connectivity index (χ3n) is 3.74. The zero-order chi connectivity index (χ0) is 15.2. The van der Waals surface area contributed by atoms with E-state index in [0.29, 0.717) is 51.8 Å². The molecule has 5 nitrogen and oxygen atoms in total. The van der Waals surface area contributed by atoms with Gasteiger partial charge in [-0.3, -0.25) is 0 Å². The molecule has 0 aromatic rings. The number of hydrogen-bond acceptors (Lipinski definition) is 5. The molecule has 0 aliphatic heterocycles. The first-order valence-electron chi connectivity index (χ1n) is 8.36. The Morgan fingerprint density at radius 3 is 2.10 bits per heavy atom. The molecule has 0 heterocycles. The second kappa shape index (κ2) is 13.5. The average Bonchev–Trinajstić information content (AvgIpc) is 2.52. The Kier molecular flexibility index (Phi) is 12.1.